The van der Waals surface area contributed by atoms with Gasteiger partial charge in [0, 0.05) is 24.2 Å². The van der Waals surface area contributed by atoms with Crippen molar-refractivity contribution in [2.75, 3.05) is 0 Å². The molecule has 6 heteroatoms. The fourth-order valence-electron chi connectivity index (χ4n) is 5.01. The van der Waals surface area contributed by atoms with E-state index in [-0.39, 0.29) is 17.6 Å². The third-order valence-electron chi connectivity index (χ3n) is 6.34. The SMILES string of the molecule is N#Cc1cc(C(F)(F)F)ccc1C1(O)CC2CCCC(C1)N2Cc1ccccc1. The monoisotopic (exact) mass is 400 g/mol. The highest BCUT2D eigenvalue weighted by Gasteiger charge is 2.47. The van der Waals surface area contributed by atoms with Gasteiger partial charge in [-0.15, -0.1) is 0 Å². The largest absolute Gasteiger partial charge is 0.416 e. The molecule has 2 aliphatic rings. The Morgan fingerprint density at radius 3 is 2.31 bits per heavy atom. The molecule has 0 amide bonds. The zero-order valence-electron chi connectivity index (χ0n) is 16.0. The van der Waals surface area contributed by atoms with E-state index >= 15 is 0 Å². The summed E-state index contributed by atoms with van der Waals surface area (Å²) < 4.78 is 39.1. The van der Waals surface area contributed by atoms with Crippen molar-refractivity contribution in [3.8, 4) is 6.07 Å². The van der Waals surface area contributed by atoms with Crippen molar-refractivity contribution in [3.63, 3.8) is 0 Å². The number of aliphatic hydroxyl groups is 1. The van der Waals surface area contributed by atoms with Gasteiger partial charge in [0.15, 0.2) is 0 Å². The molecule has 4 rings (SSSR count). The maximum absolute atomic E-state index is 13.0. The number of piperidine rings is 2. The average Bonchev–Trinajstić information content (AvgIpc) is 2.68. The van der Waals surface area contributed by atoms with E-state index in [2.05, 4.69) is 17.0 Å². The highest BCUT2D eigenvalue weighted by Crippen LogP contribution is 2.46. The Bertz CT molecular complexity index is 906. The van der Waals surface area contributed by atoms with Gasteiger partial charge in [-0.3, -0.25) is 4.90 Å². The molecule has 152 valence electrons. The second-order valence-electron chi connectivity index (χ2n) is 8.21. The van der Waals surface area contributed by atoms with Crippen LogP contribution < -0.4 is 0 Å². The number of nitrogens with zero attached hydrogens (tertiary/aromatic N) is 2. The van der Waals surface area contributed by atoms with E-state index in [1.54, 1.807) is 0 Å². The van der Waals surface area contributed by atoms with Crippen molar-refractivity contribution < 1.29 is 18.3 Å². The molecule has 0 aliphatic carbocycles. The van der Waals surface area contributed by atoms with E-state index in [1.807, 2.05) is 24.3 Å². The van der Waals surface area contributed by atoms with Crippen LogP contribution in [0.4, 0.5) is 13.2 Å². The van der Waals surface area contributed by atoms with Crippen molar-refractivity contribution in [1.29, 1.82) is 5.26 Å². The summed E-state index contributed by atoms with van der Waals surface area (Å²) in [6.07, 6.45) is -0.702. The first-order valence-electron chi connectivity index (χ1n) is 9.94. The summed E-state index contributed by atoms with van der Waals surface area (Å²) in [6.45, 7) is 0.796. The van der Waals surface area contributed by atoms with Crippen molar-refractivity contribution in [2.45, 2.75) is 62.5 Å². The number of benzene rings is 2. The molecule has 2 unspecified atom stereocenters. The van der Waals surface area contributed by atoms with Gasteiger partial charge in [-0.25, -0.2) is 0 Å². The molecule has 0 aromatic heterocycles. The molecule has 2 saturated heterocycles. The lowest BCUT2D eigenvalue weighted by atomic mass is 9.71. The fraction of sp³-hybridized carbons (Fsp3) is 0.435. The van der Waals surface area contributed by atoms with Crippen LogP contribution in [-0.2, 0) is 18.3 Å². The highest BCUT2D eigenvalue weighted by atomic mass is 19.4. The van der Waals surface area contributed by atoms with E-state index in [0.29, 0.717) is 18.4 Å². The van der Waals surface area contributed by atoms with Crippen molar-refractivity contribution in [3.05, 3.63) is 70.8 Å². The van der Waals surface area contributed by atoms with Gasteiger partial charge in [0.2, 0.25) is 0 Å². The summed E-state index contributed by atoms with van der Waals surface area (Å²) in [4.78, 5) is 2.42. The van der Waals surface area contributed by atoms with Crippen molar-refractivity contribution in [1.82, 2.24) is 4.90 Å². The Balaban J connectivity index is 1.63. The minimum absolute atomic E-state index is 0.0862. The second-order valence-corrected chi connectivity index (χ2v) is 8.21. The van der Waals surface area contributed by atoms with Gasteiger partial charge >= 0.3 is 6.18 Å². The molecule has 0 spiro atoms. The summed E-state index contributed by atoms with van der Waals surface area (Å²) in [5, 5.41) is 20.9. The standard InChI is InChI=1S/C23H23F3N2O/c24-23(25,26)18-9-10-21(17(11-18)14-27)22(29)12-19-7-4-8-20(13-22)28(19)15-16-5-2-1-3-6-16/h1-3,5-6,9-11,19-20,29H,4,7-8,12-13,15H2. The lowest BCUT2D eigenvalue weighted by Gasteiger charge is -2.52. The molecular formula is C23H23F3N2O. The van der Waals surface area contributed by atoms with Crippen LogP contribution in [0.3, 0.4) is 0 Å². The zero-order valence-corrected chi connectivity index (χ0v) is 16.0. The van der Waals surface area contributed by atoms with Gasteiger partial charge in [0.25, 0.3) is 0 Å². The van der Waals surface area contributed by atoms with Crippen LogP contribution in [0.1, 0.15) is 54.4 Å². The van der Waals surface area contributed by atoms with Crippen LogP contribution in [-0.4, -0.2) is 22.1 Å². The number of rotatable bonds is 3. The smallest absolute Gasteiger partial charge is 0.385 e. The molecule has 2 aliphatic heterocycles. The van der Waals surface area contributed by atoms with E-state index in [4.69, 9.17) is 0 Å². The lowest BCUT2D eigenvalue weighted by molar-refractivity contribution is -0.137. The summed E-state index contributed by atoms with van der Waals surface area (Å²) in [5.41, 5.74) is -0.690. The molecule has 1 N–H and O–H groups in total. The van der Waals surface area contributed by atoms with Crippen LogP contribution in [0.2, 0.25) is 0 Å². The first-order chi connectivity index (χ1) is 13.8. The van der Waals surface area contributed by atoms with Gasteiger partial charge in [-0.1, -0.05) is 42.8 Å². The van der Waals surface area contributed by atoms with Gasteiger partial charge in [0.1, 0.15) is 0 Å². The molecule has 2 aromatic rings. The zero-order chi connectivity index (χ0) is 20.6. The maximum Gasteiger partial charge on any atom is 0.416 e. The minimum Gasteiger partial charge on any atom is -0.385 e. The normalized spacial score (nSPS) is 27.4. The topological polar surface area (TPSA) is 47.3 Å². The Labute approximate surface area is 168 Å². The number of nitriles is 1. The van der Waals surface area contributed by atoms with E-state index < -0.39 is 17.3 Å². The van der Waals surface area contributed by atoms with Gasteiger partial charge < -0.3 is 5.11 Å². The molecule has 2 bridgehead atoms. The van der Waals surface area contributed by atoms with E-state index in [0.717, 1.165) is 37.9 Å². The third kappa shape index (κ3) is 3.90. The predicted octanol–water partition coefficient (Wildman–Crippen LogP) is 4.98. The molecule has 0 radical (unpaired) electrons. The molecule has 2 atom stereocenters. The number of alkyl halides is 3. The minimum atomic E-state index is -4.51. The van der Waals surface area contributed by atoms with Crippen molar-refractivity contribution in [2.24, 2.45) is 0 Å². The third-order valence-corrected chi connectivity index (χ3v) is 6.34. The lowest BCUT2D eigenvalue weighted by Crippen LogP contribution is -2.56. The average molecular weight is 400 g/mol. The molecule has 29 heavy (non-hydrogen) atoms. The molecule has 2 heterocycles. The maximum atomic E-state index is 13.0. The van der Waals surface area contributed by atoms with Crippen LogP contribution in [0.25, 0.3) is 0 Å². The number of hydrogen-bond donors (Lipinski definition) is 1. The Morgan fingerprint density at radius 1 is 1.07 bits per heavy atom. The molecule has 0 saturated carbocycles. The molecule has 2 aromatic carbocycles. The van der Waals surface area contributed by atoms with E-state index in [1.165, 1.54) is 11.6 Å². The highest BCUT2D eigenvalue weighted by molar-refractivity contribution is 5.45. The van der Waals surface area contributed by atoms with Gasteiger partial charge in [-0.2, -0.15) is 18.4 Å². The van der Waals surface area contributed by atoms with Gasteiger partial charge in [-0.05, 0) is 43.4 Å². The Hall–Kier alpha value is -2.36. The van der Waals surface area contributed by atoms with E-state index in [9.17, 15) is 23.5 Å². The second kappa shape index (κ2) is 7.47. The Kier molecular flexibility index (Phi) is 5.14. The summed E-state index contributed by atoms with van der Waals surface area (Å²) in [5.74, 6) is 0. The first-order valence-corrected chi connectivity index (χ1v) is 9.94. The van der Waals surface area contributed by atoms with Crippen LogP contribution >= 0.6 is 0 Å². The van der Waals surface area contributed by atoms with Crippen LogP contribution in [0, 0.1) is 11.3 Å². The summed E-state index contributed by atoms with van der Waals surface area (Å²) in [7, 11) is 0. The van der Waals surface area contributed by atoms with Crippen LogP contribution in [0.5, 0.6) is 0 Å². The van der Waals surface area contributed by atoms with Crippen molar-refractivity contribution >= 4 is 0 Å². The summed E-state index contributed by atoms with van der Waals surface area (Å²) in [6, 6.07) is 15.4. The fourth-order valence-corrected chi connectivity index (χ4v) is 5.01. The molecule has 2 fully saturated rings. The number of halogens is 3. The molecule has 3 nitrogen and oxygen atoms in total. The quantitative estimate of drug-likeness (QED) is 0.790. The predicted molar refractivity (Wildman–Crippen MR) is 103 cm³/mol. The van der Waals surface area contributed by atoms with Crippen LogP contribution in [0.15, 0.2) is 48.5 Å². The molecular weight excluding hydrogens is 377 g/mol. The Morgan fingerprint density at radius 2 is 1.72 bits per heavy atom. The number of fused-ring (bicyclic) bond motifs is 2. The first kappa shape index (κ1) is 19.9. The van der Waals surface area contributed by atoms with Gasteiger partial charge in [0.05, 0.1) is 22.8 Å². The summed E-state index contributed by atoms with van der Waals surface area (Å²) >= 11 is 0. The number of hydrogen-bond acceptors (Lipinski definition) is 3.